The molecule has 1 N–H and O–H groups in total. The first-order chi connectivity index (χ1) is 16.0. The molecule has 2 aromatic rings. The summed E-state index contributed by atoms with van der Waals surface area (Å²) in [5.41, 5.74) is 4.89. The number of rotatable bonds is 8. The lowest BCUT2D eigenvalue weighted by Crippen LogP contribution is -2.36. The first-order valence-electron chi connectivity index (χ1n) is 11.2. The molecule has 2 atom stereocenters. The highest BCUT2D eigenvalue weighted by Crippen LogP contribution is 2.47. The minimum Gasteiger partial charge on any atom is -0.496 e. The molecule has 0 unspecified atom stereocenters. The van der Waals surface area contributed by atoms with Gasteiger partial charge in [0.2, 0.25) is 0 Å². The molecule has 2 aliphatic rings. The van der Waals surface area contributed by atoms with Crippen molar-refractivity contribution >= 4 is 34.9 Å². The molecule has 1 aromatic carbocycles. The van der Waals surface area contributed by atoms with Crippen LogP contribution in [-0.4, -0.2) is 37.0 Å². The Morgan fingerprint density at radius 2 is 2.06 bits per heavy atom. The first kappa shape index (κ1) is 23.6. The number of para-hydroxylation sites is 1. The van der Waals surface area contributed by atoms with E-state index in [0.717, 1.165) is 39.8 Å². The zero-order chi connectivity index (χ0) is 23.4. The van der Waals surface area contributed by atoms with Crippen LogP contribution in [0.2, 0.25) is 0 Å². The van der Waals surface area contributed by atoms with Gasteiger partial charge < -0.3 is 14.8 Å². The molecule has 4 rings (SSSR count). The average Bonchev–Trinajstić information content (AvgIpc) is 3.35. The Morgan fingerprint density at radius 3 is 2.79 bits per heavy atom. The van der Waals surface area contributed by atoms with Gasteiger partial charge in [0, 0.05) is 41.0 Å². The third-order valence-corrected chi connectivity index (χ3v) is 7.73. The minimum atomic E-state index is -0.398. The van der Waals surface area contributed by atoms with Crippen LogP contribution in [0.15, 0.2) is 63.6 Å². The summed E-state index contributed by atoms with van der Waals surface area (Å²) < 4.78 is 11.2. The van der Waals surface area contributed by atoms with Crippen LogP contribution in [0.3, 0.4) is 0 Å². The van der Waals surface area contributed by atoms with Crippen molar-refractivity contribution in [3.63, 3.8) is 0 Å². The summed E-state index contributed by atoms with van der Waals surface area (Å²) in [4.78, 5) is 26.7. The molecule has 0 saturated heterocycles. The van der Waals surface area contributed by atoms with Crippen LogP contribution < -0.4 is 10.1 Å². The number of carbonyl (C=O) groups is 2. The van der Waals surface area contributed by atoms with Gasteiger partial charge in [-0.05, 0) is 53.1 Å². The highest BCUT2D eigenvalue weighted by Gasteiger charge is 2.41. The van der Waals surface area contributed by atoms with Gasteiger partial charge in [0.25, 0.3) is 0 Å². The predicted octanol–water partition coefficient (Wildman–Crippen LogP) is 5.41. The van der Waals surface area contributed by atoms with Crippen LogP contribution in [0, 0.1) is 0 Å². The lowest BCUT2D eigenvalue weighted by atomic mass is 9.72. The molecule has 0 fully saturated rings. The van der Waals surface area contributed by atoms with E-state index in [1.54, 1.807) is 30.2 Å². The van der Waals surface area contributed by atoms with E-state index in [1.807, 2.05) is 48.0 Å². The SMILES string of the molecule is CCSCCOC(=O)C1=C(C)NC2=C(C(=O)C[C@@H](c3ccccc3OC)C2)[C@H]1c1ccsc1. The fourth-order valence-electron chi connectivity index (χ4n) is 4.72. The van der Waals surface area contributed by atoms with Crippen LogP contribution in [0.1, 0.15) is 49.7 Å². The second-order valence-electron chi connectivity index (χ2n) is 8.15. The highest BCUT2D eigenvalue weighted by molar-refractivity contribution is 7.99. The molecular formula is C26H29NO4S2. The number of methoxy groups -OCH3 is 1. The van der Waals surface area contributed by atoms with Crippen LogP contribution in [0.5, 0.6) is 5.75 Å². The number of benzene rings is 1. The molecule has 7 heteroatoms. The summed E-state index contributed by atoms with van der Waals surface area (Å²) in [5.74, 6) is 1.88. The topological polar surface area (TPSA) is 64.6 Å². The molecule has 2 heterocycles. The number of thiophene rings is 1. The third kappa shape index (κ3) is 4.89. The fourth-order valence-corrected chi connectivity index (χ4v) is 5.90. The summed E-state index contributed by atoms with van der Waals surface area (Å²) in [6, 6.07) is 9.87. The number of ether oxygens (including phenoxy) is 2. The van der Waals surface area contributed by atoms with E-state index in [2.05, 4.69) is 12.2 Å². The Labute approximate surface area is 203 Å². The van der Waals surface area contributed by atoms with Crippen molar-refractivity contribution < 1.29 is 19.1 Å². The minimum absolute atomic E-state index is 0.0235. The smallest absolute Gasteiger partial charge is 0.336 e. The van der Waals surface area contributed by atoms with E-state index in [-0.39, 0.29) is 17.7 Å². The van der Waals surface area contributed by atoms with E-state index in [9.17, 15) is 9.59 Å². The van der Waals surface area contributed by atoms with Gasteiger partial charge in [-0.3, -0.25) is 4.79 Å². The molecule has 5 nitrogen and oxygen atoms in total. The number of carbonyl (C=O) groups excluding carboxylic acids is 2. The van der Waals surface area contributed by atoms with Crippen LogP contribution in [0.4, 0.5) is 0 Å². The zero-order valence-electron chi connectivity index (χ0n) is 19.2. The van der Waals surface area contributed by atoms with E-state index in [0.29, 0.717) is 30.6 Å². The number of nitrogens with one attached hydrogen (secondary N) is 1. The monoisotopic (exact) mass is 483 g/mol. The van der Waals surface area contributed by atoms with Crippen molar-refractivity contribution in [3.8, 4) is 5.75 Å². The number of ketones is 1. The number of thioether (sulfide) groups is 1. The molecule has 1 aliphatic heterocycles. The van der Waals surface area contributed by atoms with E-state index in [1.165, 1.54) is 0 Å². The Balaban J connectivity index is 1.68. The second kappa shape index (κ2) is 10.6. The quantitative estimate of drug-likeness (QED) is 0.400. The maximum atomic E-state index is 13.6. The van der Waals surface area contributed by atoms with Gasteiger partial charge in [-0.2, -0.15) is 23.1 Å². The summed E-state index contributed by atoms with van der Waals surface area (Å²) in [7, 11) is 1.66. The van der Waals surface area contributed by atoms with E-state index >= 15 is 0 Å². The van der Waals surface area contributed by atoms with Gasteiger partial charge in [-0.25, -0.2) is 4.79 Å². The first-order valence-corrected chi connectivity index (χ1v) is 13.3. The molecule has 1 aliphatic carbocycles. The number of esters is 1. The maximum Gasteiger partial charge on any atom is 0.336 e. The van der Waals surface area contributed by atoms with Crippen molar-refractivity contribution in [1.29, 1.82) is 0 Å². The lowest BCUT2D eigenvalue weighted by Gasteiger charge is -2.36. The van der Waals surface area contributed by atoms with Gasteiger partial charge in [0.05, 0.1) is 12.7 Å². The van der Waals surface area contributed by atoms with E-state index in [4.69, 9.17) is 9.47 Å². The molecule has 174 valence electrons. The van der Waals surface area contributed by atoms with Crippen molar-refractivity contribution in [2.24, 2.45) is 0 Å². The number of hydrogen-bond acceptors (Lipinski definition) is 7. The van der Waals surface area contributed by atoms with Gasteiger partial charge in [-0.1, -0.05) is 25.1 Å². The summed E-state index contributed by atoms with van der Waals surface area (Å²) in [6.07, 6.45) is 1.07. The number of hydrogen-bond donors (Lipinski definition) is 1. The molecule has 0 amide bonds. The van der Waals surface area contributed by atoms with Gasteiger partial charge in [0.15, 0.2) is 5.78 Å². The number of dihydropyridines is 1. The van der Waals surface area contributed by atoms with Crippen molar-refractivity contribution in [1.82, 2.24) is 5.32 Å². The number of Topliss-reactive ketones (excluding diaryl/α,β-unsaturated/α-hetero) is 1. The zero-order valence-corrected chi connectivity index (χ0v) is 20.8. The Hall–Kier alpha value is -2.51. The van der Waals surface area contributed by atoms with Crippen molar-refractivity contribution in [3.05, 3.63) is 74.8 Å². The van der Waals surface area contributed by atoms with Crippen LogP contribution in [0.25, 0.3) is 0 Å². The summed E-state index contributed by atoms with van der Waals surface area (Å²) >= 11 is 3.30. The van der Waals surface area contributed by atoms with Crippen molar-refractivity contribution in [2.75, 3.05) is 25.2 Å². The number of allylic oxidation sites excluding steroid dienone is 3. The highest BCUT2D eigenvalue weighted by atomic mass is 32.2. The Bertz CT molecular complexity index is 1090. The molecule has 33 heavy (non-hydrogen) atoms. The molecule has 0 spiro atoms. The van der Waals surface area contributed by atoms with Crippen LogP contribution >= 0.6 is 23.1 Å². The standard InChI is InChI=1S/C26H29NO4S2/c1-4-32-12-10-31-26(29)23-16(2)27-20-13-18(19-7-5-6-8-22(19)30-3)14-21(28)25(20)24(23)17-9-11-33-15-17/h5-9,11,15,18,24,27H,4,10,12-14H2,1-3H3/t18-,24-/m0/s1. The molecule has 0 saturated carbocycles. The van der Waals surface area contributed by atoms with Gasteiger partial charge in [-0.15, -0.1) is 0 Å². The molecule has 0 bridgehead atoms. The molecular weight excluding hydrogens is 454 g/mol. The largest absolute Gasteiger partial charge is 0.496 e. The molecule has 0 radical (unpaired) electrons. The maximum absolute atomic E-state index is 13.6. The average molecular weight is 484 g/mol. The molecule has 1 aromatic heterocycles. The van der Waals surface area contributed by atoms with Crippen LogP contribution in [-0.2, 0) is 14.3 Å². The third-order valence-electron chi connectivity index (χ3n) is 6.17. The van der Waals surface area contributed by atoms with Gasteiger partial charge >= 0.3 is 5.97 Å². The predicted molar refractivity (Wildman–Crippen MR) is 134 cm³/mol. The summed E-state index contributed by atoms with van der Waals surface area (Å²) in [5, 5.41) is 7.41. The fraction of sp³-hybridized carbons (Fsp3) is 0.385. The Kier molecular flexibility index (Phi) is 7.60. The normalized spacial score (nSPS) is 20.4. The van der Waals surface area contributed by atoms with Crippen molar-refractivity contribution in [2.45, 2.75) is 38.5 Å². The second-order valence-corrected chi connectivity index (χ2v) is 10.3. The summed E-state index contributed by atoms with van der Waals surface area (Å²) in [6.45, 7) is 4.34. The van der Waals surface area contributed by atoms with Gasteiger partial charge in [0.1, 0.15) is 12.4 Å². The van der Waals surface area contributed by atoms with E-state index < -0.39 is 5.92 Å². The Morgan fingerprint density at radius 1 is 1.24 bits per heavy atom. The lowest BCUT2D eigenvalue weighted by molar-refractivity contribution is -0.138.